The third-order valence-corrected chi connectivity index (χ3v) is 4.53. The maximum absolute atomic E-state index is 12.3. The number of halogens is 2. The van der Waals surface area contributed by atoms with Crippen LogP contribution in [-0.2, 0) is 4.79 Å². The lowest BCUT2D eigenvalue weighted by atomic mass is 9.99. The molecule has 9 heteroatoms. The summed E-state index contributed by atoms with van der Waals surface area (Å²) in [5.41, 5.74) is 0.0833. The normalized spacial score (nSPS) is 10.7. The predicted octanol–water partition coefficient (Wildman–Crippen LogP) is 3.29. The Bertz CT molecular complexity index is 1140. The molecule has 3 N–H and O–H groups in total. The van der Waals surface area contributed by atoms with Crippen LogP contribution >= 0.6 is 23.2 Å². The quantitative estimate of drug-likeness (QED) is 0.610. The molecule has 0 aliphatic carbocycles. The molecule has 0 radical (unpaired) electrons. The number of aromatic hydroxyl groups is 1. The molecular weight excluding hydrogens is 397 g/mol. The van der Waals surface area contributed by atoms with Crippen molar-refractivity contribution in [1.29, 1.82) is 0 Å². The molecule has 2 aromatic carbocycles. The summed E-state index contributed by atoms with van der Waals surface area (Å²) in [5, 5.41) is 21.6. The lowest BCUT2D eigenvalue weighted by molar-refractivity contribution is -0.135. The molecule has 0 saturated heterocycles. The SMILES string of the molecule is O=C(O)CNC(=O)c1c(O)oc(=O)c2ccc(-c3ccc(Cl)c(Cl)c3)cc12. The summed E-state index contributed by atoms with van der Waals surface area (Å²) in [7, 11) is 0. The van der Waals surface area contributed by atoms with Gasteiger partial charge in [-0.25, -0.2) is 4.79 Å². The van der Waals surface area contributed by atoms with Gasteiger partial charge in [0.25, 0.3) is 11.9 Å². The third-order valence-electron chi connectivity index (χ3n) is 3.79. The molecule has 3 rings (SSSR count). The highest BCUT2D eigenvalue weighted by Crippen LogP contribution is 2.32. The van der Waals surface area contributed by atoms with Crippen molar-refractivity contribution >= 4 is 45.9 Å². The van der Waals surface area contributed by atoms with Crippen LogP contribution in [0, 0.1) is 0 Å². The molecule has 7 nitrogen and oxygen atoms in total. The molecule has 3 aromatic rings. The predicted molar refractivity (Wildman–Crippen MR) is 99.6 cm³/mol. The molecule has 1 amide bonds. The van der Waals surface area contributed by atoms with E-state index < -0.39 is 30.0 Å². The number of hydrogen-bond acceptors (Lipinski definition) is 5. The number of rotatable bonds is 4. The van der Waals surface area contributed by atoms with Crippen molar-refractivity contribution in [3.05, 3.63) is 62.4 Å². The second-order valence-corrected chi connectivity index (χ2v) is 6.35. The maximum atomic E-state index is 12.3. The first-order chi connectivity index (χ1) is 12.8. The number of benzene rings is 2. The van der Waals surface area contributed by atoms with E-state index in [1.54, 1.807) is 24.3 Å². The Morgan fingerprint density at radius 1 is 1.00 bits per heavy atom. The topological polar surface area (TPSA) is 117 Å². The first-order valence-electron chi connectivity index (χ1n) is 7.53. The molecule has 0 fully saturated rings. The van der Waals surface area contributed by atoms with Crippen molar-refractivity contribution < 1.29 is 24.2 Å². The molecule has 27 heavy (non-hydrogen) atoms. The minimum atomic E-state index is -1.26. The standard InChI is InChI=1S/C18H11Cl2NO6/c19-12-4-2-9(6-13(12)20)8-1-3-10-11(5-8)15(18(26)27-17(10)25)16(24)21-7-14(22)23/h1-6,26H,7H2,(H,21,24)(H,22,23). The smallest absolute Gasteiger partial charge is 0.346 e. The summed E-state index contributed by atoms with van der Waals surface area (Å²) in [5.74, 6) is -3.06. The molecule has 0 saturated carbocycles. The Kier molecular flexibility index (Phi) is 5.07. The van der Waals surface area contributed by atoms with Gasteiger partial charge in [0.05, 0.1) is 15.4 Å². The van der Waals surface area contributed by atoms with E-state index in [1.807, 2.05) is 0 Å². The van der Waals surface area contributed by atoms with E-state index in [0.29, 0.717) is 21.2 Å². The summed E-state index contributed by atoms with van der Waals surface area (Å²) < 4.78 is 4.68. The van der Waals surface area contributed by atoms with Gasteiger partial charge in [0.15, 0.2) is 0 Å². The van der Waals surface area contributed by atoms with Gasteiger partial charge in [-0.15, -0.1) is 0 Å². The Labute approximate surface area is 161 Å². The molecule has 138 valence electrons. The Morgan fingerprint density at radius 2 is 1.67 bits per heavy atom. The molecule has 1 aromatic heterocycles. The summed E-state index contributed by atoms with van der Waals surface area (Å²) in [6.07, 6.45) is 0. The zero-order valence-corrected chi connectivity index (χ0v) is 15.0. The highest BCUT2D eigenvalue weighted by molar-refractivity contribution is 6.42. The van der Waals surface area contributed by atoms with Gasteiger partial charge in [0, 0.05) is 5.39 Å². The number of fused-ring (bicyclic) bond motifs is 1. The highest BCUT2D eigenvalue weighted by Gasteiger charge is 2.21. The van der Waals surface area contributed by atoms with Crippen molar-refractivity contribution in [2.24, 2.45) is 0 Å². The summed E-state index contributed by atoms with van der Waals surface area (Å²) in [4.78, 5) is 35.0. The van der Waals surface area contributed by atoms with Gasteiger partial charge in [-0.1, -0.05) is 35.3 Å². The molecule has 0 aliphatic rings. The molecule has 0 spiro atoms. The zero-order chi connectivity index (χ0) is 19.7. The third kappa shape index (κ3) is 3.74. The summed E-state index contributed by atoms with van der Waals surface area (Å²) in [6, 6.07) is 9.47. The fraction of sp³-hybridized carbons (Fsp3) is 0.0556. The number of hydrogen-bond donors (Lipinski definition) is 3. The van der Waals surface area contributed by atoms with Gasteiger partial charge in [-0.2, -0.15) is 0 Å². The molecular formula is C18H11Cl2NO6. The number of aliphatic carboxylic acids is 1. The molecule has 0 atom stereocenters. The number of nitrogens with one attached hydrogen (secondary N) is 1. The highest BCUT2D eigenvalue weighted by atomic mass is 35.5. The number of carbonyl (C=O) groups excluding carboxylic acids is 1. The molecule has 0 aliphatic heterocycles. The van der Waals surface area contributed by atoms with Crippen LogP contribution in [0.4, 0.5) is 0 Å². The van der Waals surface area contributed by atoms with Crippen molar-refractivity contribution in [3.8, 4) is 17.1 Å². The average molecular weight is 408 g/mol. The van der Waals surface area contributed by atoms with E-state index in [2.05, 4.69) is 9.73 Å². The van der Waals surface area contributed by atoms with Crippen LogP contribution in [0.2, 0.25) is 10.0 Å². The second kappa shape index (κ2) is 7.30. The van der Waals surface area contributed by atoms with Gasteiger partial charge < -0.3 is 19.9 Å². The number of amides is 1. The van der Waals surface area contributed by atoms with Gasteiger partial charge in [0.1, 0.15) is 12.1 Å². The van der Waals surface area contributed by atoms with Crippen LogP contribution in [-0.4, -0.2) is 28.6 Å². The van der Waals surface area contributed by atoms with Crippen LogP contribution < -0.4 is 10.9 Å². The van der Waals surface area contributed by atoms with Crippen molar-refractivity contribution in [3.63, 3.8) is 0 Å². The van der Waals surface area contributed by atoms with Crippen LogP contribution in [0.1, 0.15) is 10.4 Å². The molecule has 0 unspecified atom stereocenters. The van der Waals surface area contributed by atoms with E-state index in [0.717, 1.165) is 0 Å². The minimum Gasteiger partial charge on any atom is -0.480 e. The van der Waals surface area contributed by atoms with E-state index >= 15 is 0 Å². The van der Waals surface area contributed by atoms with E-state index in [1.165, 1.54) is 12.1 Å². The largest absolute Gasteiger partial charge is 0.480 e. The van der Waals surface area contributed by atoms with Crippen molar-refractivity contribution in [1.82, 2.24) is 5.32 Å². The number of carboxylic acids is 1. The first-order valence-corrected chi connectivity index (χ1v) is 8.28. The summed E-state index contributed by atoms with van der Waals surface area (Å²) in [6.45, 7) is -0.661. The van der Waals surface area contributed by atoms with Crippen LogP contribution in [0.5, 0.6) is 5.95 Å². The van der Waals surface area contributed by atoms with Crippen LogP contribution in [0.3, 0.4) is 0 Å². The number of carboxylic acid groups (broad SMARTS) is 1. The Hall–Kier alpha value is -3.03. The first kappa shape index (κ1) is 18.8. The van der Waals surface area contributed by atoms with Crippen molar-refractivity contribution in [2.75, 3.05) is 6.54 Å². The van der Waals surface area contributed by atoms with Gasteiger partial charge in [0.2, 0.25) is 0 Å². The van der Waals surface area contributed by atoms with Gasteiger partial charge in [-0.3, -0.25) is 9.59 Å². The Balaban J connectivity index is 2.20. The fourth-order valence-electron chi connectivity index (χ4n) is 2.56. The van der Waals surface area contributed by atoms with E-state index in [-0.39, 0.29) is 16.3 Å². The second-order valence-electron chi connectivity index (χ2n) is 5.54. The van der Waals surface area contributed by atoms with Gasteiger partial charge >= 0.3 is 11.6 Å². The minimum absolute atomic E-state index is 0.0529. The van der Waals surface area contributed by atoms with Crippen LogP contribution in [0.15, 0.2) is 45.6 Å². The van der Waals surface area contributed by atoms with E-state index in [9.17, 15) is 19.5 Å². The monoisotopic (exact) mass is 407 g/mol. The van der Waals surface area contributed by atoms with E-state index in [4.69, 9.17) is 28.3 Å². The summed E-state index contributed by atoms with van der Waals surface area (Å²) >= 11 is 11.9. The lowest BCUT2D eigenvalue weighted by Gasteiger charge is -2.10. The molecule has 1 heterocycles. The maximum Gasteiger partial charge on any atom is 0.346 e. The number of carbonyl (C=O) groups is 2. The fourth-order valence-corrected chi connectivity index (χ4v) is 2.86. The molecule has 0 bridgehead atoms. The van der Waals surface area contributed by atoms with Crippen molar-refractivity contribution in [2.45, 2.75) is 0 Å². The Morgan fingerprint density at radius 3 is 2.33 bits per heavy atom. The van der Waals surface area contributed by atoms with Crippen LogP contribution in [0.25, 0.3) is 21.9 Å². The lowest BCUT2D eigenvalue weighted by Crippen LogP contribution is -2.29. The van der Waals surface area contributed by atoms with Gasteiger partial charge in [-0.05, 0) is 35.4 Å². The average Bonchev–Trinajstić information content (AvgIpc) is 2.61. The zero-order valence-electron chi connectivity index (χ0n) is 13.5.